The third kappa shape index (κ3) is 3.48. The molecule has 0 aliphatic heterocycles. The Morgan fingerprint density at radius 1 is 0.963 bits per heavy atom. The number of pyridine rings is 2. The number of amides is 1. The highest BCUT2D eigenvalue weighted by atomic mass is 16.5. The highest BCUT2D eigenvalue weighted by molar-refractivity contribution is 6.13. The van der Waals surface area contributed by atoms with E-state index < -0.39 is 0 Å². The zero-order chi connectivity index (χ0) is 18.6. The van der Waals surface area contributed by atoms with E-state index >= 15 is 0 Å². The third-order valence-corrected chi connectivity index (χ3v) is 4.28. The van der Waals surface area contributed by atoms with Gasteiger partial charge in [-0.3, -0.25) is 9.78 Å². The lowest BCUT2D eigenvalue weighted by molar-refractivity contribution is 0.102. The minimum atomic E-state index is -0.186. The summed E-state index contributed by atoms with van der Waals surface area (Å²) >= 11 is 0. The predicted molar refractivity (Wildman–Crippen MR) is 106 cm³/mol. The standard InChI is InChI=1S/C22H17N3O2/c1-27-17-8-6-16(7-9-17)24-22(26)19-14-21(15-10-12-23-13-11-15)25-20-5-3-2-4-18(19)20/h2-14H,1H3,(H,24,26). The van der Waals surface area contributed by atoms with Gasteiger partial charge in [0.2, 0.25) is 0 Å². The molecule has 0 atom stereocenters. The Bertz CT molecular complexity index is 1090. The van der Waals surface area contributed by atoms with Gasteiger partial charge in [-0.25, -0.2) is 4.98 Å². The number of rotatable bonds is 4. The van der Waals surface area contributed by atoms with Crippen molar-refractivity contribution in [3.8, 4) is 17.0 Å². The number of hydrogen-bond acceptors (Lipinski definition) is 4. The second-order valence-corrected chi connectivity index (χ2v) is 5.99. The van der Waals surface area contributed by atoms with E-state index in [1.165, 1.54) is 0 Å². The van der Waals surface area contributed by atoms with Gasteiger partial charge in [0.25, 0.3) is 5.91 Å². The SMILES string of the molecule is COc1ccc(NC(=O)c2cc(-c3ccncc3)nc3ccccc23)cc1. The fraction of sp³-hybridized carbons (Fsp3) is 0.0455. The number of nitrogens with zero attached hydrogens (tertiary/aromatic N) is 2. The molecule has 4 aromatic rings. The number of aromatic nitrogens is 2. The van der Waals surface area contributed by atoms with Crippen molar-refractivity contribution >= 4 is 22.5 Å². The van der Waals surface area contributed by atoms with Gasteiger partial charge in [-0.2, -0.15) is 0 Å². The number of carbonyl (C=O) groups excluding carboxylic acids is 1. The Kier molecular flexibility index (Phi) is 4.49. The van der Waals surface area contributed by atoms with E-state index in [1.807, 2.05) is 66.7 Å². The monoisotopic (exact) mass is 355 g/mol. The molecule has 0 aliphatic carbocycles. The molecular weight excluding hydrogens is 338 g/mol. The Balaban J connectivity index is 1.75. The molecular formula is C22H17N3O2. The van der Waals surface area contributed by atoms with Crippen LogP contribution >= 0.6 is 0 Å². The average molecular weight is 355 g/mol. The third-order valence-electron chi connectivity index (χ3n) is 4.28. The lowest BCUT2D eigenvalue weighted by atomic mass is 10.0. The summed E-state index contributed by atoms with van der Waals surface area (Å²) in [7, 11) is 1.61. The van der Waals surface area contributed by atoms with E-state index in [0.29, 0.717) is 11.3 Å². The molecule has 1 N–H and O–H groups in total. The lowest BCUT2D eigenvalue weighted by Gasteiger charge is -2.11. The van der Waals surface area contributed by atoms with Gasteiger partial charge < -0.3 is 10.1 Å². The maximum absolute atomic E-state index is 13.0. The van der Waals surface area contributed by atoms with Gasteiger partial charge in [0.05, 0.1) is 23.9 Å². The maximum Gasteiger partial charge on any atom is 0.256 e. The highest BCUT2D eigenvalue weighted by Crippen LogP contribution is 2.25. The number of para-hydroxylation sites is 1. The van der Waals surface area contributed by atoms with E-state index in [1.54, 1.807) is 19.5 Å². The summed E-state index contributed by atoms with van der Waals surface area (Å²) in [5.41, 5.74) is 3.69. The van der Waals surface area contributed by atoms with Gasteiger partial charge in [-0.05, 0) is 48.5 Å². The van der Waals surface area contributed by atoms with E-state index in [2.05, 4.69) is 10.3 Å². The quantitative estimate of drug-likeness (QED) is 0.583. The van der Waals surface area contributed by atoms with E-state index in [9.17, 15) is 4.79 Å². The van der Waals surface area contributed by atoms with Gasteiger partial charge in [0.1, 0.15) is 5.75 Å². The van der Waals surface area contributed by atoms with Crippen molar-refractivity contribution in [3.63, 3.8) is 0 Å². The zero-order valence-corrected chi connectivity index (χ0v) is 14.7. The first kappa shape index (κ1) is 16.7. The van der Waals surface area contributed by atoms with Crippen molar-refractivity contribution in [2.75, 3.05) is 12.4 Å². The molecule has 5 heteroatoms. The van der Waals surface area contributed by atoms with Crippen LogP contribution in [0.5, 0.6) is 5.75 Å². The first-order valence-electron chi connectivity index (χ1n) is 8.50. The number of hydrogen-bond donors (Lipinski definition) is 1. The average Bonchev–Trinajstić information content (AvgIpc) is 2.74. The molecule has 2 aromatic heterocycles. The largest absolute Gasteiger partial charge is 0.497 e. The van der Waals surface area contributed by atoms with Crippen LogP contribution in [0.4, 0.5) is 5.69 Å². The van der Waals surface area contributed by atoms with E-state index in [0.717, 1.165) is 27.9 Å². The molecule has 1 amide bonds. The van der Waals surface area contributed by atoms with E-state index in [4.69, 9.17) is 9.72 Å². The van der Waals surface area contributed by atoms with Gasteiger partial charge in [0.15, 0.2) is 0 Å². The number of nitrogens with one attached hydrogen (secondary N) is 1. The van der Waals surface area contributed by atoms with Crippen molar-refractivity contribution in [1.82, 2.24) is 9.97 Å². The Morgan fingerprint density at radius 3 is 2.44 bits per heavy atom. The summed E-state index contributed by atoms with van der Waals surface area (Å²) in [6.07, 6.45) is 3.42. The van der Waals surface area contributed by atoms with Gasteiger partial charge in [-0.1, -0.05) is 18.2 Å². The Hall–Kier alpha value is -3.73. The van der Waals surface area contributed by atoms with Crippen LogP contribution in [0.2, 0.25) is 0 Å². The van der Waals surface area contributed by atoms with Crippen molar-refractivity contribution < 1.29 is 9.53 Å². The first-order chi connectivity index (χ1) is 13.2. The molecule has 2 heterocycles. The normalized spacial score (nSPS) is 10.6. The number of methoxy groups -OCH3 is 1. The topological polar surface area (TPSA) is 64.1 Å². The van der Waals surface area contributed by atoms with Gasteiger partial charge >= 0.3 is 0 Å². The maximum atomic E-state index is 13.0. The zero-order valence-electron chi connectivity index (χ0n) is 14.7. The Labute approximate surface area is 156 Å². The minimum absolute atomic E-state index is 0.186. The Morgan fingerprint density at radius 2 is 1.70 bits per heavy atom. The van der Waals surface area contributed by atoms with Gasteiger partial charge in [-0.15, -0.1) is 0 Å². The summed E-state index contributed by atoms with van der Waals surface area (Å²) in [4.78, 5) is 21.7. The number of benzene rings is 2. The lowest BCUT2D eigenvalue weighted by Crippen LogP contribution is -2.13. The number of anilines is 1. The van der Waals surface area contributed by atoms with Gasteiger partial charge in [0, 0.05) is 29.0 Å². The van der Waals surface area contributed by atoms with Crippen LogP contribution in [-0.4, -0.2) is 23.0 Å². The summed E-state index contributed by atoms with van der Waals surface area (Å²) in [6.45, 7) is 0. The fourth-order valence-electron chi connectivity index (χ4n) is 2.91. The molecule has 4 rings (SSSR count). The van der Waals surface area contributed by atoms with Crippen LogP contribution in [-0.2, 0) is 0 Å². The van der Waals surface area contributed by atoms with Crippen molar-refractivity contribution in [2.24, 2.45) is 0 Å². The molecule has 0 spiro atoms. The predicted octanol–water partition coefficient (Wildman–Crippen LogP) is 4.56. The molecule has 27 heavy (non-hydrogen) atoms. The second kappa shape index (κ2) is 7.25. The van der Waals surface area contributed by atoms with Crippen molar-refractivity contribution in [1.29, 1.82) is 0 Å². The molecule has 0 radical (unpaired) electrons. The number of fused-ring (bicyclic) bond motifs is 1. The molecule has 0 saturated heterocycles. The smallest absolute Gasteiger partial charge is 0.256 e. The molecule has 5 nitrogen and oxygen atoms in total. The van der Waals surface area contributed by atoms with Crippen molar-refractivity contribution in [2.45, 2.75) is 0 Å². The van der Waals surface area contributed by atoms with Crippen LogP contribution in [0.1, 0.15) is 10.4 Å². The second-order valence-electron chi connectivity index (χ2n) is 5.99. The van der Waals surface area contributed by atoms with Crippen molar-refractivity contribution in [3.05, 3.63) is 84.7 Å². The van der Waals surface area contributed by atoms with Crippen LogP contribution < -0.4 is 10.1 Å². The molecule has 0 bridgehead atoms. The van der Waals surface area contributed by atoms with Crippen LogP contribution in [0.15, 0.2) is 79.1 Å². The molecule has 0 unspecified atom stereocenters. The molecule has 0 fully saturated rings. The summed E-state index contributed by atoms with van der Waals surface area (Å²) in [5, 5.41) is 3.75. The molecule has 2 aromatic carbocycles. The first-order valence-corrected chi connectivity index (χ1v) is 8.50. The fourth-order valence-corrected chi connectivity index (χ4v) is 2.91. The molecule has 0 saturated carbocycles. The number of carbonyl (C=O) groups is 1. The summed E-state index contributed by atoms with van der Waals surface area (Å²) in [6, 6.07) is 20.4. The number of ether oxygens (including phenoxy) is 1. The highest BCUT2D eigenvalue weighted by Gasteiger charge is 2.14. The van der Waals surface area contributed by atoms with E-state index in [-0.39, 0.29) is 5.91 Å². The summed E-state index contributed by atoms with van der Waals surface area (Å²) < 4.78 is 5.16. The molecule has 0 aliphatic rings. The van der Waals surface area contributed by atoms with Crippen LogP contribution in [0, 0.1) is 0 Å². The van der Waals surface area contributed by atoms with Crippen LogP contribution in [0.25, 0.3) is 22.2 Å². The molecule has 132 valence electrons. The summed E-state index contributed by atoms with van der Waals surface area (Å²) in [5.74, 6) is 0.552. The van der Waals surface area contributed by atoms with Crippen LogP contribution in [0.3, 0.4) is 0 Å². The minimum Gasteiger partial charge on any atom is -0.497 e.